The Morgan fingerprint density at radius 2 is 1.72 bits per heavy atom. The predicted molar refractivity (Wildman–Crippen MR) is 71.4 cm³/mol. The van der Waals surface area contributed by atoms with E-state index >= 15 is 0 Å². The molecule has 3 heteroatoms. The highest BCUT2D eigenvalue weighted by molar-refractivity contribution is 5.73. The van der Waals surface area contributed by atoms with Crippen molar-refractivity contribution >= 4 is 0 Å². The summed E-state index contributed by atoms with van der Waals surface area (Å²) in [5.74, 6) is 1.85. The van der Waals surface area contributed by atoms with E-state index in [1.54, 1.807) is 20.3 Å². The summed E-state index contributed by atoms with van der Waals surface area (Å²) in [5, 5.41) is 9.56. The number of phenols is 1. The quantitative estimate of drug-likeness (QED) is 0.899. The predicted octanol–water partition coefficient (Wildman–Crippen LogP) is 3.38. The Hall–Kier alpha value is -2.16. The molecule has 0 radical (unpaired) electrons. The van der Waals surface area contributed by atoms with Crippen LogP contribution in [0.15, 0.2) is 36.4 Å². The summed E-state index contributed by atoms with van der Waals surface area (Å²) in [7, 11) is 3.27. The number of phenolic OH excluding ortho intramolecular Hbond substituents is 1. The van der Waals surface area contributed by atoms with Gasteiger partial charge in [0.2, 0.25) is 0 Å². The van der Waals surface area contributed by atoms with Crippen molar-refractivity contribution < 1.29 is 14.6 Å². The van der Waals surface area contributed by atoms with E-state index in [4.69, 9.17) is 9.47 Å². The largest absolute Gasteiger partial charge is 0.508 e. The molecule has 0 fully saturated rings. The molecule has 3 nitrogen and oxygen atoms in total. The molecule has 0 aliphatic rings. The lowest BCUT2D eigenvalue weighted by Crippen LogP contribution is -1.90. The zero-order valence-corrected chi connectivity index (χ0v) is 10.7. The summed E-state index contributed by atoms with van der Waals surface area (Å²) in [6.45, 7) is 1.87. The van der Waals surface area contributed by atoms with Crippen LogP contribution in [-0.2, 0) is 0 Å². The molecule has 0 aliphatic heterocycles. The maximum absolute atomic E-state index is 9.56. The van der Waals surface area contributed by atoms with Gasteiger partial charge in [-0.2, -0.15) is 0 Å². The number of benzene rings is 2. The van der Waals surface area contributed by atoms with Gasteiger partial charge >= 0.3 is 0 Å². The van der Waals surface area contributed by atoms with E-state index in [9.17, 15) is 5.11 Å². The maximum atomic E-state index is 9.56. The van der Waals surface area contributed by atoms with Gasteiger partial charge in [0.25, 0.3) is 0 Å². The average Bonchev–Trinajstić information content (AvgIpc) is 2.41. The molecule has 0 bridgehead atoms. The molecule has 94 valence electrons. The van der Waals surface area contributed by atoms with Gasteiger partial charge in [0.1, 0.15) is 17.2 Å². The molecule has 0 saturated carbocycles. The van der Waals surface area contributed by atoms with E-state index in [-0.39, 0.29) is 0 Å². The molecular formula is C15H16O3. The number of aromatic hydroxyl groups is 1. The lowest BCUT2D eigenvalue weighted by Gasteiger charge is -2.11. The van der Waals surface area contributed by atoms with E-state index in [1.807, 2.05) is 37.3 Å². The zero-order valence-electron chi connectivity index (χ0n) is 10.7. The molecular weight excluding hydrogens is 228 g/mol. The number of rotatable bonds is 3. The van der Waals surface area contributed by atoms with Crippen LogP contribution >= 0.6 is 0 Å². The Morgan fingerprint density at radius 3 is 2.33 bits per heavy atom. The third kappa shape index (κ3) is 2.25. The van der Waals surface area contributed by atoms with Gasteiger partial charge in [0.15, 0.2) is 0 Å². The van der Waals surface area contributed by atoms with Crippen LogP contribution in [0.4, 0.5) is 0 Å². The van der Waals surface area contributed by atoms with Crippen LogP contribution in [0.5, 0.6) is 17.2 Å². The minimum absolute atomic E-state index is 0.292. The molecule has 0 unspecified atom stereocenters. The normalized spacial score (nSPS) is 10.2. The Morgan fingerprint density at radius 1 is 0.944 bits per heavy atom. The molecule has 0 aromatic heterocycles. The second-order valence-electron chi connectivity index (χ2n) is 4.07. The molecule has 0 saturated heterocycles. The van der Waals surface area contributed by atoms with E-state index in [2.05, 4.69) is 0 Å². The summed E-state index contributed by atoms with van der Waals surface area (Å²) in [4.78, 5) is 0. The molecule has 1 N–H and O–H groups in total. The maximum Gasteiger partial charge on any atom is 0.126 e. The Bertz CT molecular complexity index is 562. The Balaban J connectivity index is 2.57. The summed E-state index contributed by atoms with van der Waals surface area (Å²) in [5.41, 5.74) is 2.76. The number of ether oxygens (including phenoxy) is 2. The van der Waals surface area contributed by atoms with Crippen LogP contribution < -0.4 is 9.47 Å². The van der Waals surface area contributed by atoms with Crippen molar-refractivity contribution in [2.24, 2.45) is 0 Å². The fourth-order valence-corrected chi connectivity index (χ4v) is 1.86. The molecule has 0 spiro atoms. The van der Waals surface area contributed by atoms with Crippen LogP contribution in [0.25, 0.3) is 11.1 Å². The van der Waals surface area contributed by atoms with Gasteiger partial charge < -0.3 is 14.6 Å². The monoisotopic (exact) mass is 244 g/mol. The van der Waals surface area contributed by atoms with Crippen LogP contribution in [-0.4, -0.2) is 19.3 Å². The van der Waals surface area contributed by atoms with Crippen molar-refractivity contribution in [1.29, 1.82) is 0 Å². The fourth-order valence-electron chi connectivity index (χ4n) is 1.86. The van der Waals surface area contributed by atoms with Crippen molar-refractivity contribution in [3.63, 3.8) is 0 Å². The van der Waals surface area contributed by atoms with Crippen LogP contribution in [0.1, 0.15) is 5.56 Å². The van der Waals surface area contributed by atoms with Gasteiger partial charge in [0, 0.05) is 5.56 Å². The van der Waals surface area contributed by atoms with E-state index in [0.29, 0.717) is 5.75 Å². The molecule has 0 heterocycles. The molecule has 18 heavy (non-hydrogen) atoms. The summed E-state index contributed by atoms with van der Waals surface area (Å²) in [6, 6.07) is 11.1. The van der Waals surface area contributed by atoms with E-state index in [1.165, 1.54) is 0 Å². The third-order valence-electron chi connectivity index (χ3n) is 2.91. The molecule has 2 aromatic carbocycles. The van der Waals surface area contributed by atoms with Crippen molar-refractivity contribution in [3.8, 4) is 28.4 Å². The van der Waals surface area contributed by atoms with Crippen molar-refractivity contribution in [2.45, 2.75) is 6.92 Å². The van der Waals surface area contributed by atoms with Crippen molar-refractivity contribution in [2.75, 3.05) is 14.2 Å². The topological polar surface area (TPSA) is 38.7 Å². The van der Waals surface area contributed by atoms with Crippen molar-refractivity contribution in [1.82, 2.24) is 0 Å². The molecule has 2 aromatic rings. The minimum atomic E-state index is 0.292. The number of hydrogen-bond donors (Lipinski definition) is 1. The smallest absolute Gasteiger partial charge is 0.126 e. The SMILES string of the molecule is COc1ccc(OC)c(-c2ccc(O)c(C)c2)c1. The number of methoxy groups -OCH3 is 2. The second-order valence-corrected chi connectivity index (χ2v) is 4.07. The molecule has 0 atom stereocenters. The van der Waals surface area contributed by atoms with Crippen molar-refractivity contribution in [3.05, 3.63) is 42.0 Å². The van der Waals surface area contributed by atoms with E-state index < -0.39 is 0 Å². The average molecular weight is 244 g/mol. The molecule has 2 rings (SSSR count). The highest BCUT2D eigenvalue weighted by Gasteiger charge is 2.08. The molecule has 0 aliphatic carbocycles. The standard InChI is InChI=1S/C15H16O3/c1-10-8-11(4-6-14(10)16)13-9-12(17-2)5-7-15(13)18-3/h4-9,16H,1-3H3. The first-order valence-corrected chi connectivity index (χ1v) is 5.67. The summed E-state index contributed by atoms with van der Waals surface area (Å²) < 4.78 is 10.6. The zero-order chi connectivity index (χ0) is 13.1. The number of aryl methyl sites for hydroxylation is 1. The second kappa shape index (κ2) is 5.00. The highest BCUT2D eigenvalue weighted by atomic mass is 16.5. The first-order valence-electron chi connectivity index (χ1n) is 5.67. The summed E-state index contributed by atoms with van der Waals surface area (Å²) >= 11 is 0. The molecule has 0 amide bonds. The van der Waals surface area contributed by atoms with Gasteiger partial charge in [-0.3, -0.25) is 0 Å². The van der Waals surface area contributed by atoms with Crippen LogP contribution in [0, 0.1) is 6.92 Å². The van der Waals surface area contributed by atoms with Crippen LogP contribution in [0.3, 0.4) is 0 Å². The Labute approximate surface area is 107 Å². The number of hydrogen-bond acceptors (Lipinski definition) is 3. The first-order chi connectivity index (χ1) is 8.65. The van der Waals surface area contributed by atoms with Crippen LogP contribution in [0.2, 0.25) is 0 Å². The third-order valence-corrected chi connectivity index (χ3v) is 2.91. The van der Waals surface area contributed by atoms with Gasteiger partial charge in [-0.1, -0.05) is 6.07 Å². The first kappa shape index (κ1) is 12.3. The fraction of sp³-hybridized carbons (Fsp3) is 0.200. The van der Waals surface area contributed by atoms with Gasteiger partial charge in [-0.15, -0.1) is 0 Å². The van der Waals surface area contributed by atoms with E-state index in [0.717, 1.165) is 28.2 Å². The summed E-state index contributed by atoms with van der Waals surface area (Å²) in [6.07, 6.45) is 0. The van der Waals surface area contributed by atoms with Gasteiger partial charge in [-0.25, -0.2) is 0 Å². The Kier molecular flexibility index (Phi) is 3.42. The highest BCUT2D eigenvalue weighted by Crippen LogP contribution is 2.35. The minimum Gasteiger partial charge on any atom is -0.508 e. The van der Waals surface area contributed by atoms with Gasteiger partial charge in [-0.05, 0) is 48.4 Å². The van der Waals surface area contributed by atoms with Gasteiger partial charge in [0.05, 0.1) is 14.2 Å². The lowest BCUT2D eigenvalue weighted by atomic mass is 10.0. The lowest BCUT2D eigenvalue weighted by molar-refractivity contribution is 0.404.